The molecule has 0 aliphatic rings. The molecule has 0 fully saturated rings. The Balaban J connectivity index is 0. The van der Waals surface area contributed by atoms with Crippen LogP contribution in [0.1, 0.15) is 6.92 Å². The van der Waals surface area contributed by atoms with Crippen LogP contribution in [0.4, 0.5) is 0 Å². The SMILES string of the molecule is COC(=O)/C=C/C=C/COC(C)=O.[C-]#[O+].[C-]#[O+].[Fe].c1ccc(P(c2ccccc2)c2ccccc2)cc1. The summed E-state index contributed by atoms with van der Waals surface area (Å²) in [5.41, 5.74) is 0. The molecule has 0 amide bonds. The molecule has 0 spiro atoms. The molecular weight excluding hydrogens is 531 g/mol. The smallest absolute Gasteiger partial charge is 0 e. The number of hydrogen-bond donors (Lipinski definition) is 0. The van der Waals surface area contributed by atoms with Crippen LogP contribution in [-0.2, 0) is 45.4 Å². The standard InChI is InChI=1S/C18H15P.C9H12O4.2CO.Fe/c1-4-10-16(11-5-1)19(17-12-6-2-7-13-17)18-14-8-3-9-15-18;1-8(10)13-7-5-3-4-6-9(11)12-2;2*1-2;/h1-15H;3-6H,7H2,1-2H3;;;/b;5-3+,6-4+;;;. The number of hydrogen-bond acceptors (Lipinski definition) is 4. The van der Waals surface area contributed by atoms with Crippen LogP contribution >= 0.6 is 7.92 Å². The van der Waals surface area contributed by atoms with Crippen LogP contribution in [0.25, 0.3) is 0 Å². The summed E-state index contributed by atoms with van der Waals surface area (Å²) in [5.74, 6) is -0.751. The van der Waals surface area contributed by atoms with Crippen LogP contribution in [0.15, 0.2) is 115 Å². The number of carbonyl (C=O) groups is 2. The van der Waals surface area contributed by atoms with Crippen molar-refractivity contribution in [2.75, 3.05) is 13.7 Å². The van der Waals surface area contributed by atoms with E-state index in [2.05, 4.69) is 114 Å². The van der Waals surface area contributed by atoms with Gasteiger partial charge in [-0.15, -0.1) is 0 Å². The predicted octanol–water partition coefficient (Wildman–Crippen LogP) is 4.20. The van der Waals surface area contributed by atoms with Crippen molar-refractivity contribution in [2.24, 2.45) is 0 Å². The molecule has 37 heavy (non-hydrogen) atoms. The van der Waals surface area contributed by atoms with Gasteiger partial charge in [0.1, 0.15) is 6.61 Å². The van der Waals surface area contributed by atoms with Crippen LogP contribution in [0.2, 0.25) is 0 Å². The quantitative estimate of drug-likeness (QED) is 0.0827. The first-order valence-electron chi connectivity index (χ1n) is 10.5. The summed E-state index contributed by atoms with van der Waals surface area (Å²) in [6.45, 7) is 10.5. The maximum Gasteiger partial charge on any atom is 0 e. The first-order valence-corrected chi connectivity index (χ1v) is 11.9. The molecule has 192 valence electrons. The number of methoxy groups -OCH3 is 1. The van der Waals surface area contributed by atoms with Crippen molar-refractivity contribution in [3.05, 3.63) is 129 Å². The monoisotopic (exact) mass is 558 g/mol. The van der Waals surface area contributed by atoms with E-state index in [9.17, 15) is 9.59 Å². The molecule has 0 saturated heterocycles. The molecule has 0 N–H and O–H groups in total. The van der Waals surface area contributed by atoms with Gasteiger partial charge < -0.3 is 9.47 Å². The molecule has 6 nitrogen and oxygen atoms in total. The van der Waals surface area contributed by atoms with Gasteiger partial charge in [0.25, 0.3) is 0 Å². The van der Waals surface area contributed by atoms with Crippen molar-refractivity contribution in [2.45, 2.75) is 6.92 Å². The van der Waals surface area contributed by atoms with Gasteiger partial charge in [0.2, 0.25) is 0 Å². The van der Waals surface area contributed by atoms with E-state index in [0.717, 1.165) is 0 Å². The topological polar surface area (TPSA) is 92.4 Å². The first kappa shape index (κ1) is 35.7. The van der Waals surface area contributed by atoms with E-state index in [1.54, 1.807) is 12.2 Å². The Morgan fingerprint density at radius 3 is 1.46 bits per heavy atom. The Hall–Kier alpha value is -3.49. The molecule has 0 aromatic heterocycles. The molecule has 3 aromatic rings. The average molecular weight is 558 g/mol. The zero-order valence-electron chi connectivity index (χ0n) is 20.4. The van der Waals surface area contributed by atoms with Gasteiger partial charge in [-0.1, -0.05) is 103 Å². The Bertz CT molecular complexity index is 998. The van der Waals surface area contributed by atoms with E-state index in [0.29, 0.717) is 0 Å². The maximum atomic E-state index is 10.5. The van der Waals surface area contributed by atoms with Crippen LogP contribution in [-0.4, -0.2) is 25.7 Å². The molecule has 0 aliphatic heterocycles. The van der Waals surface area contributed by atoms with Crippen molar-refractivity contribution in [1.29, 1.82) is 0 Å². The summed E-state index contributed by atoms with van der Waals surface area (Å²) in [6, 6.07) is 32.3. The van der Waals surface area contributed by atoms with Gasteiger partial charge in [0, 0.05) is 30.1 Å². The molecule has 3 aromatic carbocycles. The predicted molar refractivity (Wildman–Crippen MR) is 140 cm³/mol. The fourth-order valence-electron chi connectivity index (χ4n) is 2.68. The normalized spacial score (nSPS) is 9.27. The molecule has 0 atom stereocenters. The number of esters is 2. The van der Waals surface area contributed by atoms with E-state index < -0.39 is 13.9 Å². The fourth-order valence-corrected chi connectivity index (χ4v) is 4.99. The van der Waals surface area contributed by atoms with Gasteiger partial charge in [0.15, 0.2) is 0 Å². The van der Waals surface area contributed by atoms with E-state index in [-0.39, 0.29) is 29.6 Å². The average Bonchev–Trinajstić information content (AvgIpc) is 2.95. The van der Waals surface area contributed by atoms with Gasteiger partial charge in [-0.05, 0) is 29.9 Å². The minimum atomic E-state index is -0.446. The number of carbonyl (C=O) groups excluding carboxylic acids is 2. The minimum absolute atomic E-state index is 0. The number of benzene rings is 3. The van der Waals surface area contributed by atoms with Gasteiger partial charge in [-0.25, -0.2) is 4.79 Å². The second-order valence-electron chi connectivity index (χ2n) is 6.46. The van der Waals surface area contributed by atoms with Crippen LogP contribution in [0, 0.1) is 13.3 Å². The van der Waals surface area contributed by atoms with E-state index in [1.807, 2.05) is 0 Å². The molecule has 8 heteroatoms. The Morgan fingerprint density at radius 2 is 1.14 bits per heavy atom. The Kier molecular flexibility index (Phi) is 23.3. The van der Waals surface area contributed by atoms with E-state index in [1.165, 1.54) is 42.1 Å². The molecule has 0 unspecified atom stereocenters. The van der Waals surface area contributed by atoms with Crippen molar-refractivity contribution >= 4 is 35.8 Å². The summed E-state index contributed by atoms with van der Waals surface area (Å²) >= 11 is 0. The van der Waals surface area contributed by atoms with Crippen molar-refractivity contribution < 1.29 is 45.4 Å². The molecular formula is C29H27FeO6P. The summed E-state index contributed by atoms with van der Waals surface area (Å²) in [6.07, 6.45) is 5.99. The van der Waals surface area contributed by atoms with Crippen molar-refractivity contribution in [3.63, 3.8) is 0 Å². The molecule has 0 bridgehead atoms. The number of rotatable bonds is 7. The van der Waals surface area contributed by atoms with Crippen LogP contribution in [0.3, 0.4) is 0 Å². The van der Waals surface area contributed by atoms with Crippen molar-refractivity contribution in [3.8, 4) is 0 Å². The van der Waals surface area contributed by atoms with Crippen molar-refractivity contribution in [1.82, 2.24) is 0 Å². The largest absolute Gasteiger partial charge is 0.0622 e. The van der Waals surface area contributed by atoms with E-state index >= 15 is 0 Å². The minimum Gasteiger partial charge on any atom is -0.0622 e. The summed E-state index contributed by atoms with van der Waals surface area (Å²) in [7, 11) is 0.855. The van der Waals surface area contributed by atoms with Gasteiger partial charge in [-0.2, -0.15) is 0 Å². The maximum absolute atomic E-state index is 10.5. The second kappa shape index (κ2) is 24.2. The van der Waals surface area contributed by atoms with Gasteiger partial charge in [-0.3, -0.25) is 4.79 Å². The Labute approximate surface area is 230 Å². The number of ether oxygens (including phenoxy) is 2. The summed E-state index contributed by atoms with van der Waals surface area (Å²) in [5, 5.41) is 4.19. The van der Waals surface area contributed by atoms with E-state index in [4.69, 9.17) is 9.30 Å². The third kappa shape index (κ3) is 16.0. The summed E-state index contributed by atoms with van der Waals surface area (Å²) in [4.78, 5) is 20.8. The molecule has 0 radical (unpaired) electrons. The summed E-state index contributed by atoms with van der Waals surface area (Å²) < 4.78 is 23.9. The molecule has 3 rings (SSSR count). The number of allylic oxidation sites excluding steroid dienone is 2. The first-order chi connectivity index (χ1) is 17.6. The zero-order valence-corrected chi connectivity index (χ0v) is 22.4. The fraction of sp³-hybridized carbons (Fsp3) is 0.103. The van der Waals surface area contributed by atoms with Crippen LogP contribution in [0.5, 0.6) is 0 Å². The molecule has 0 aliphatic carbocycles. The molecule has 0 heterocycles. The van der Waals surface area contributed by atoms with Gasteiger partial charge in [0.05, 0.1) is 7.11 Å². The third-order valence-corrected chi connectivity index (χ3v) is 6.55. The zero-order chi connectivity index (χ0) is 27.0. The van der Waals surface area contributed by atoms with Gasteiger partial charge >= 0.3 is 34.5 Å². The third-order valence-electron chi connectivity index (χ3n) is 4.11. The molecule has 0 saturated carbocycles. The second-order valence-corrected chi connectivity index (χ2v) is 8.68. The van der Waals surface area contributed by atoms with Crippen LogP contribution < -0.4 is 15.9 Å². The Morgan fingerprint density at radius 1 is 0.757 bits per heavy atom.